The first kappa shape index (κ1) is 11.2. The molecular formula is C11H12O4. The van der Waals surface area contributed by atoms with E-state index in [1.807, 2.05) is 0 Å². The third kappa shape index (κ3) is 2.56. The lowest BCUT2D eigenvalue weighted by Gasteiger charge is -2.08. The van der Waals surface area contributed by atoms with Gasteiger partial charge in [-0.3, -0.25) is 9.59 Å². The maximum Gasteiger partial charge on any atom is 0.161 e. The van der Waals surface area contributed by atoms with Gasteiger partial charge in [0, 0.05) is 12.0 Å². The second-order valence-corrected chi connectivity index (χ2v) is 3.22. The van der Waals surface area contributed by atoms with Crippen molar-refractivity contribution in [1.29, 1.82) is 0 Å². The first-order chi connectivity index (χ1) is 7.08. The minimum Gasteiger partial charge on any atom is -0.504 e. The monoisotopic (exact) mass is 208 g/mol. The molecule has 0 radical (unpaired) electrons. The van der Waals surface area contributed by atoms with Crippen molar-refractivity contribution in [2.45, 2.75) is 13.3 Å². The number of aromatic hydroxyl groups is 1. The number of phenols is 1. The summed E-state index contributed by atoms with van der Waals surface area (Å²) in [5, 5.41) is 9.47. The minimum absolute atomic E-state index is 0.0670. The van der Waals surface area contributed by atoms with Gasteiger partial charge in [-0.2, -0.15) is 0 Å². The van der Waals surface area contributed by atoms with Crippen LogP contribution in [-0.2, 0) is 11.2 Å². The fourth-order valence-corrected chi connectivity index (χ4v) is 1.32. The summed E-state index contributed by atoms with van der Waals surface area (Å²) < 4.78 is 4.85. The molecule has 80 valence electrons. The molecule has 15 heavy (non-hydrogen) atoms. The molecule has 0 aromatic heterocycles. The van der Waals surface area contributed by atoms with Gasteiger partial charge in [0.1, 0.15) is 12.1 Å². The number of hydrogen-bond donors (Lipinski definition) is 1. The van der Waals surface area contributed by atoms with Crippen LogP contribution in [0.3, 0.4) is 0 Å². The third-order valence-electron chi connectivity index (χ3n) is 2.01. The average molecular weight is 208 g/mol. The topological polar surface area (TPSA) is 63.6 Å². The van der Waals surface area contributed by atoms with Crippen molar-refractivity contribution < 1.29 is 19.4 Å². The Morgan fingerprint density at radius 1 is 1.53 bits per heavy atom. The smallest absolute Gasteiger partial charge is 0.161 e. The van der Waals surface area contributed by atoms with E-state index in [1.165, 1.54) is 26.2 Å². The molecule has 1 rings (SSSR count). The molecule has 0 amide bonds. The number of benzene rings is 1. The Labute approximate surface area is 87.5 Å². The molecule has 0 aliphatic heterocycles. The Kier molecular flexibility index (Phi) is 3.44. The molecule has 1 aromatic carbocycles. The number of carbonyl (C=O) groups excluding carboxylic acids is 2. The van der Waals surface area contributed by atoms with Crippen LogP contribution in [0.2, 0.25) is 0 Å². The van der Waals surface area contributed by atoms with Gasteiger partial charge in [-0.25, -0.2) is 0 Å². The van der Waals surface area contributed by atoms with Gasteiger partial charge in [0.15, 0.2) is 11.5 Å². The second-order valence-electron chi connectivity index (χ2n) is 3.22. The number of methoxy groups -OCH3 is 1. The zero-order valence-corrected chi connectivity index (χ0v) is 8.61. The molecule has 0 bridgehead atoms. The van der Waals surface area contributed by atoms with Crippen molar-refractivity contribution in [1.82, 2.24) is 0 Å². The van der Waals surface area contributed by atoms with Crippen LogP contribution in [0, 0.1) is 0 Å². The van der Waals surface area contributed by atoms with Crippen LogP contribution in [0.25, 0.3) is 0 Å². The van der Waals surface area contributed by atoms with Crippen LogP contribution >= 0.6 is 0 Å². The summed E-state index contributed by atoms with van der Waals surface area (Å²) in [6, 6.07) is 2.80. The number of ether oxygens (including phenoxy) is 1. The highest BCUT2D eigenvalue weighted by Gasteiger charge is 2.10. The second kappa shape index (κ2) is 4.59. The molecule has 0 heterocycles. The molecule has 0 atom stereocenters. The number of rotatable bonds is 4. The number of aldehydes is 1. The average Bonchev–Trinajstić information content (AvgIpc) is 2.17. The summed E-state index contributed by atoms with van der Waals surface area (Å²) in [6.45, 7) is 1.43. The third-order valence-corrected chi connectivity index (χ3v) is 2.01. The Balaban J connectivity index is 3.20. The predicted molar refractivity (Wildman–Crippen MR) is 54.4 cm³/mol. The lowest BCUT2D eigenvalue weighted by atomic mass is 10.0. The van der Waals surface area contributed by atoms with E-state index in [9.17, 15) is 14.7 Å². The normalized spacial score (nSPS) is 9.73. The van der Waals surface area contributed by atoms with Crippen molar-refractivity contribution in [3.63, 3.8) is 0 Å². The molecule has 0 aliphatic carbocycles. The SMILES string of the molecule is COc1cc(C=O)c(CC(C)=O)cc1O. The largest absolute Gasteiger partial charge is 0.504 e. The Morgan fingerprint density at radius 3 is 2.67 bits per heavy atom. The van der Waals surface area contributed by atoms with E-state index in [0.29, 0.717) is 17.4 Å². The number of carbonyl (C=O) groups is 2. The molecule has 0 spiro atoms. The lowest BCUT2D eigenvalue weighted by Crippen LogP contribution is -2.01. The van der Waals surface area contributed by atoms with Gasteiger partial charge < -0.3 is 9.84 Å². The first-order valence-corrected chi connectivity index (χ1v) is 4.43. The maximum absolute atomic E-state index is 10.9. The first-order valence-electron chi connectivity index (χ1n) is 4.43. The highest BCUT2D eigenvalue weighted by atomic mass is 16.5. The van der Waals surface area contributed by atoms with Crippen molar-refractivity contribution in [3.05, 3.63) is 23.3 Å². The van der Waals surface area contributed by atoms with Crippen molar-refractivity contribution >= 4 is 12.1 Å². The van der Waals surface area contributed by atoms with Gasteiger partial charge in [-0.1, -0.05) is 0 Å². The zero-order valence-electron chi connectivity index (χ0n) is 8.61. The van der Waals surface area contributed by atoms with E-state index in [0.717, 1.165) is 0 Å². The Morgan fingerprint density at radius 2 is 2.20 bits per heavy atom. The van der Waals surface area contributed by atoms with Gasteiger partial charge in [-0.15, -0.1) is 0 Å². The van der Waals surface area contributed by atoms with E-state index in [4.69, 9.17) is 4.74 Å². The standard InChI is InChI=1S/C11H12O4/c1-7(13)3-8-4-10(14)11(15-2)5-9(8)6-12/h4-6,14H,3H2,1-2H3. The summed E-state index contributed by atoms with van der Waals surface area (Å²) in [6.07, 6.45) is 0.770. The summed E-state index contributed by atoms with van der Waals surface area (Å²) in [4.78, 5) is 21.7. The van der Waals surface area contributed by atoms with Crippen LogP contribution in [0.5, 0.6) is 11.5 Å². The maximum atomic E-state index is 10.9. The van der Waals surface area contributed by atoms with E-state index >= 15 is 0 Å². The van der Waals surface area contributed by atoms with Gasteiger partial charge in [-0.05, 0) is 24.6 Å². The van der Waals surface area contributed by atoms with Crippen LogP contribution in [0.4, 0.5) is 0 Å². The molecule has 4 heteroatoms. The van der Waals surface area contributed by atoms with Gasteiger partial charge in [0.05, 0.1) is 7.11 Å². The molecule has 4 nitrogen and oxygen atoms in total. The highest BCUT2D eigenvalue weighted by molar-refractivity contribution is 5.85. The fraction of sp³-hybridized carbons (Fsp3) is 0.273. The molecule has 1 aromatic rings. The summed E-state index contributed by atoms with van der Waals surface area (Å²) in [5.41, 5.74) is 0.871. The van der Waals surface area contributed by atoms with Crippen molar-refractivity contribution in [3.8, 4) is 11.5 Å². The molecule has 0 saturated carbocycles. The predicted octanol–water partition coefficient (Wildman–Crippen LogP) is 1.34. The molecule has 0 saturated heterocycles. The van der Waals surface area contributed by atoms with Crippen molar-refractivity contribution in [2.75, 3.05) is 7.11 Å². The lowest BCUT2D eigenvalue weighted by molar-refractivity contribution is -0.116. The Bertz CT molecular complexity index is 396. The molecule has 0 unspecified atom stereocenters. The quantitative estimate of drug-likeness (QED) is 0.758. The van der Waals surface area contributed by atoms with E-state index in [2.05, 4.69) is 0 Å². The molecular weight excluding hydrogens is 196 g/mol. The van der Waals surface area contributed by atoms with Crippen molar-refractivity contribution in [2.24, 2.45) is 0 Å². The summed E-state index contributed by atoms with van der Waals surface area (Å²) in [7, 11) is 1.40. The minimum atomic E-state index is -0.0700. The number of hydrogen-bond acceptors (Lipinski definition) is 4. The molecule has 1 N–H and O–H groups in total. The number of Topliss-reactive ketones (excluding diaryl/α,β-unsaturated/α-hetero) is 1. The summed E-state index contributed by atoms with van der Waals surface area (Å²) >= 11 is 0. The van der Waals surface area contributed by atoms with Crippen LogP contribution in [-0.4, -0.2) is 24.3 Å². The van der Waals surface area contributed by atoms with Crippen LogP contribution in [0.15, 0.2) is 12.1 Å². The van der Waals surface area contributed by atoms with E-state index < -0.39 is 0 Å². The van der Waals surface area contributed by atoms with Gasteiger partial charge in [0.2, 0.25) is 0 Å². The van der Waals surface area contributed by atoms with E-state index in [-0.39, 0.29) is 23.7 Å². The fourth-order valence-electron chi connectivity index (χ4n) is 1.32. The van der Waals surface area contributed by atoms with Crippen LogP contribution < -0.4 is 4.74 Å². The van der Waals surface area contributed by atoms with Gasteiger partial charge >= 0.3 is 0 Å². The molecule has 0 fully saturated rings. The number of ketones is 1. The Hall–Kier alpha value is -1.84. The van der Waals surface area contributed by atoms with E-state index in [1.54, 1.807) is 0 Å². The zero-order chi connectivity index (χ0) is 11.4. The molecule has 0 aliphatic rings. The van der Waals surface area contributed by atoms with Gasteiger partial charge in [0.25, 0.3) is 0 Å². The van der Waals surface area contributed by atoms with Crippen LogP contribution in [0.1, 0.15) is 22.8 Å². The summed E-state index contributed by atoms with van der Waals surface area (Å²) in [5.74, 6) is 0.0893. The highest BCUT2D eigenvalue weighted by Crippen LogP contribution is 2.29. The number of phenolic OH excluding ortho intramolecular Hbond substituents is 1.